The van der Waals surface area contributed by atoms with E-state index in [2.05, 4.69) is 24.1 Å². The predicted molar refractivity (Wildman–Crippen MR) is 97.8 cm³/mol. The van der Waals surface area contributed by atoms with E-state index in [4.69, 9.17) is 4.74 Å². The van der Waals surface area contributed by atoms with E-state index in [0.717, 1.165) is 24.5 Å². The van der Waals surface area contributed by atoms with Crippen LogP contribution in [-0.4, -0.2) is 60.4 Å². The molecule has 1 N–H and O–H groups in total. The van der Waals surface area contributed by atoms with Crippen LogP contribution in [0, 0.1) is 16.0 Å². The lowest BCUT2D eigenvalue weighted by atomic mass is 10.2. The van der Waals surface area contributed by atoms with E-state index in [-0.39, 0.29) is 23.5 Å². The highest BCUT2D eigenvalue weighted by Gasteiger charge is 2.21. The van der Waals surface area contributed by atoms with Crippen molar-refractivity contribution in [3.63, 3.8) is 0 Å². The number of benzene rings is 1. The normalized spacial score (nSPS) is 18.3. The van der Waals surface area contributed by atoms with Crippen LogP contribution < -0.4 is 5.32 Å². The number of nitro benzene ring substituents is 1. The Hall–Kier alpha value is -1.64. The van der Waals surface area contributed by atoms with Crippen LogP contribution in [0.3, 0.4) is 0 Å². The van der Waals surface area contributed by atoms with Gasteiger partial charge in [-0.2, -0.15) is 0 Å². The molecule has 1 heterocycles. The number of carbonyl (C=O) groups excluding carboxylic acids is 1. The largest absolute Gasteiger partial charge is 0.374 e. The van der Waals surface area contributed by atoms with E-state index in [1.165, 1.54) is 23.9 Å². The van der Waals surface area contributed by atoms with E-state index in [1.807, 2.05) is 0 Å². The van der Waals surface area contributed by atoms with Gasteiger partial charge in [0.15, 0.2) is 0 Å². The number of nitrogens with zero attached hydrogens (tertiary/aromatic N) is 2. The fraction of sp³-hybridized carbons (Fsp3) is 0.588. The number of nitrogens with one attached hydrogen (secondary N) is 1. The van der Waals surface area contributed by atoms with Gasteiger partial charge in [-0.1, -0.05) is 13.8 Å². The first-order valence-corrected chi connectivity index (χ1v) is 9.40. The average molecular weight is 367 g/mol. The van der Waals surface area contributed by atoms with Crippen LogP contribution in [0.1, 0.15) is 13.8 Å². The predicted octanol–water partition coefficient (Wildman–Crippen LogP) is 2.16. The van der Waals surface area contributed by atoms with Gasteiger partial charge in [-0.3, -0.25) is 19.8 Å². The summed E-state index contributed by atoms with van der Waals surface area (Å²) in [5.74, 6) is 0.833. The topological polar surface area (TPSA) is 84.7 Å². The van der Waals surface area contributed by atoms with Gasteiger partial charge in [0, 0.05) is 43.2 Å². The monoisotopic (exact) mass is 367 g/mol. The van der Waals surface area contributed by atoms with Gasteiger partial charge in [0.2, 0.25) is 5.91 Å². The highest BCUT2D eigenvalue weighted by Crippen LogP contribution is 2.21. The first-order valence-electron chi connectivity index (χ1n) is 8.42. The minimum absolute atomic E-state index is 0.0285. The van der Waals surface area contributed by atoms with Crippen molar-refractivity contribution in [1.29, 1.82) is 0 Å². The average Bonchev–Trinajstić information content (AvgIpc) is 2.58. The van der Waals surface area contributed by atoms with Crippen LogP contribution >= 0.6 is 11.8 Å². The van der Waals surface area contributed by atoms with Crippen molar-refractivity contribution in [2.24, 2.45) is 5.92 Å². The first-order chi connectivity index (χ1) is 11.9. The molecule has 1 fully saturated rings. The lowest BCUT2D eigenvalue weighted by molar-refractivity contribution is -0.384. The Bertz CT molecular complexity index is 580. The molecule has 7 nitrogen and oxygen atoms in total. The van der Waals surface area contributed by atoms with Crippen molar-refractivity contribution in [3.05, 3.63) is 34.4 Å². The molecular weight excluding hydrogens is 342 g/mol. The summed E-state index contributed by atoms with van der Waals surface area (Å²) in [6, 6.07) is 6.20. The van der Waals surface area contributed by atoms with Crippen molar-refractivity contribution in [1.82, 2.24) is 10.2 Å². The summed E-state index contributed by atoms with van der Waals surface area (Å²) in [5.41, 5.74) is 0.0502. The van der Waals surface area contributed by atoms with Gasteiger partial charge in [-0.15, -0.1) is 11.8 Å². The molecule has 1 atom stereocenters. The maximum Gasteiger partial charge on any atom is 0.269 e. The summed E-state index contributed by atoms with van der Waals surface area (Å²) in [4.78, 5) is 25.4. The van der Waals surface area contributed by atoms with Gasteiger partial charge in [-0.25, -0.2) is 0 Å². The molecule has 138 valence electrons. The van der Waals surface area contributed by atoms with Crippen LogP contribution in [0.4, 0.5) is 5.69 Å². The van der Waals surface area contributed by atoms with Crippen LogP contribution in [-0.2, 0) is 9.53 Å². The number of amides is 1. The van der Waals surface area contributed by atoms with Gasteiger partial charge >= 0.3 is 0 Å². The number of nitro groups is 1. The second-order valence-corrected chi connectivity index (χ2v) is 7.54. The van der Waals surface area contributed by atoms with E-state index in [0.29, 0.717) is 19.1 Å². The number of ether oxygens (including phenoxy) is 1. The van der Waals surface area contributed by atoms with Gasteiger partial charge in [0.05, 0.1) is 23.4 Å². The summed E-state index contributed by atoms with van der Waals surface area (Å²) in [6.07, 6.45) is 0.0285. The number of hydrogen-bond donors (Lipinski definition) is 1. The standard InChI is InChI=1S/C17H25N3O4S/c1-13(2)10-19-7-8-24-15(11-19)9-18-17(21)12-25-16-5-3-14(4-6-16)20(22)23/h3-6,13,15H,7-12H2,1-2H3,(H,18,21). The number of thioether (sulfide) groups is 1. The Morgan fingerprint density at radius 3 is 2.80 bits per heavy atom. The summed E-state index contributed by atoms with van der Waals surface area (Å²) in [6.45, 7) is 8.43. The zero-order valence-corrected chi connectivity index (χ0v) is 15.5. The molecule has 2 rings (SSSR count). The summed E-state index contributed by atoms with van der Waals surface area (Å²) in [7, 11) is 0. The summed E-state index contributed by atoms with van der Waals surface area (Å²) < 4.78 is 5.71. The Morgan fingerprint density at radius 2 is 2.16 bits per heavy atom. The number of morpholine rings is 1. The van der Waals surface area contributed by atoms with E-state index in [9.17, 15) is 14.9 Å². The molecule has 0 radical (unpaired) electrons. The Kier molecular flexibility index (Phi) is 7.67. The van der Waals surface area contributed by atoms with Crippen molar-refractivity contribution < 1.29 is 14.5 Å². The molecule has 0 spiro atoms. The van der Waals surface area contributed by atoms with Crippen molar-refractivity contribution >= 4 is 23.4 Å². The molecule has 0 saturated carbocycles. The van der Waals surface area contributed by atoms with E-state index < -0.39 is 4.92 Å². The molecule has 25 heavy (non-hydrogen) atoms. The molecule has 1 aliphatic rings. The van der Waals surface area contributed by atoms with Crippen molar-refractivity contribution in [2.75, 3.05) is 38.5 Å². The lowest BCUT2D eigenvalue weighted by Gasteiger charge is -2.33. The van der Waals surface area contributed by atoms with Gasteiger partial charge < -0.3 is 10.1 Å². The number of hydrogen-bond acceptors (Lipinski definition) is 6. The molecule has 1 aromatic rings. The first kappa shape index (κ1) is 19.7. The zero-order chi connectivity index (χ0) is 18.2. The fourth-order valence-electron chi connectivity index (χ4n) is 2.68. The molecule has 1 saturated heterocycles. The maximum atomic E-state index is 12.0. The van der Waals surface area contributed by atoms with Gasteiger partial charge in [0.1, 0.15) is 0 Å². The van der Waals surface area contributed by atoms with E-state index in [1.54, 1.807) is 12.1 Å². The Balaban J connectivity index is 1.69. The van der Waals surface area contributed by atoms with Crippen LogP contribution in [0.2, 0.25) is 0 Å². The molecule has 0 bridgehead atoms. The highest BCUT2D eigenvalue weighted by atomic mass is 32.2. The van der Waals surface area contributed by atoms with Crippen LogP contribution in [0.15, 0.2) is 29.2 Å². The maximum absolute atomic E-state index is 12.0. The number of non-ortho nitro benzene ring substituents is 1. The summed E-state index contributed by atoms with van der Waals surface area (Å²) >= 11 is 1.36. The SMILES string of the molecule is CC(C)CN1CCOC(CNC(=O)CSc2ccc([N+](=O)[O-])cc2)C1. The van der Waals surface area contributed by atoms with Crippen molar-refractivity contribution in [2.45, 2.75) is 24.8 Å². The Morgan fingerprint density at radius 1 is 1.44 bits per heavy atom. The molecule has 1 aliphatic heterocycles. The number of rotatable bonds is 8. The van der Waals surface area contributed by atoms with E-state index >= 15 is 0 Å². The molecular formula is C17H25N3O4S. The fourth-order valence-corrected chi connectivity index (χ4v) is 3.41. The van der Waals surface area contributed by atoms with Gasteiger partial charge in [-0.05, 0) is 18.1 Å². The minimum Gasteiger partial charge on any atom is -0.374 e. The molecule has 0 aromatic heterocycles. The molecule has 1 amide bonds. The second-order valence-electron chi connectivity index (χ2n) is 6.49. The highest BCUT2D eigenvalue weighted by molar-refractivity contribution is 8.00. The quantitative estimate of drug-likeness (QED) is 0.431. The molecule has 1 unspecified atom stereocenters. The minimum atomic E-state index is -0.437. The molecule has 1 aromatic carbocycles. The Labute approximate surface area is 152 Å². The van der Waals surface area contributed by atoms with Crippen LogP contribution in [0.5, 0.6) is 0 Å². The van der Waals surface area contributed by atoms with Gasteiger partial charge in [0.25, 0.3) is 5.69 Å². The molecule has 8 heteroatoms. The third kappa shape index (κ3) is 7.01. The second kappa shape index (κ2) is 9.74. The number of carbonyl (C=O) groups is 1. The third-order valence-electron chi connectivity index (χ3n) is 3.79. The summed E-state index contributed by atoms with van der Waals surface area (Å²) in [5, 5.41) is 13.5. The zero-order valence-electron chi connectivity index (χ0n) is 14.6. The third-order valence-corrected chi connectivity index (χ3v) is 4.80. The molecule has 0 aliphatic carbocycles. The van der Waals surface area contributed by atoms with Crippen LogP contribution in [0.25, 0.3) is 0 Å². The smallest absolute Gasteiger partial charge is 0.269 e. The van der Waals surface area contributed by atoms with Crippen molar-refractivity contribution in [3.8, 4) is 0 Å². The lowest BCUT2D eigenvalue weighted by Crippen LogP contribution is -2.48.